The van der Waals surface area contributed by atoms with Crippen LogP contribution in [0.5, 0.6) is 0 Å². The monoisotopic (exact) mass is 285 g/mol. The first kappa shape index (κ1) is 16.0. The highest BCUT2D eigenvalue weighted by Crippen LogP contribution is 2.22. The van der Waals surface area contributed by atoms with E-state index in [1.165, 1.54) is 11.8 Å². The van der Waals surface area contributed by atoms with Crippen LogP contribution < -0.4 is 16.6 Å². The smallest absolute Gasteiger partial charge is 0.191 e. The van der Waals surface area contributed by atoms with Crippen molar-refractivity contribution in [2.24, 2.45) is 11.3 Å². The van der Waals surface area contributed by atoms with Gasteiger partial charge in [-0.2, -0.15) is 0 Å². The molecule has 1 aromatic rings. The molecule has 108 valence electrons. The molecular formula is C12H23N5OS. The Labute approximate surface area is 118 Å². The van der Waals surface area contributed by atoms with E-state index in [4.69, 9.17) is 10.6 Å². The molecule has 1 heterocycles. The minimum Gasteiger partial charge on any atom is -0.385 e. The highest BCUT2D eigenvalue weighted by atomic mass is 32.2. The topological polar surface area (TPSA) is 85.1 Å². The zero-order chi connectivity index (χ0) is 14.3. The minimum absolute atomic E-state index is 0.136. The fourth-order valence-electron chi connectivity index (χ4n) is 1.48. The van der Waals surface area contributed by atoms with Crippen molar-refractivity contribution in [1.29, 1.82) is 0 Å². The van der Waals surface area contributed by atoms with Crippen LogP contribution in [0.2, 0.25) is 0 Å². The summed E-state index contributed by atoms with van der Waals surface area (Å²) in [4.78, 5) is 8.62. The number of hydrogen-bond donors (Lipinski definition) is 3. The summed E-state index contributed by atoms with van der Waals surface area (Å²) in [5.41, 5.74) is 2.68. The van der Waals surface area contributed by atoms with Gasteiger partial charge in [0.2, 0.25) is 0 Å². The first-order valence-corrected chi connectivity index (χ1v) is 7.36. The Kier molecular flexibility index (Phi) is 6.33. The lowest BCUT2D eigenvalue weighted by Crippen LogP contribution is -2.25. The van der Waals surface area contributed by atoms with Crippen LogP contribution in [0.3, 0.4) is 0 Å². The molecule has 0 amide bonds. The van der Waals surface area contributed by atoms with Crippen molar-refractivity contribution >= 4 is 23.4 Å². The number of nitrogens with zero attached hydrogens (tertiary/aromatic N) is 2. The fraction of sp³-hybridized carbons (Fsp3) is 0.667. The van der Waals surface area contributed by atoms with Crippen LogP contribution in [0.4, 0.5) is 11.6 Å². The summed E-state index contributed by atoms with van der Waals surface area (Å²) >= 11 is 1.48. The predicted molar refractivity (Wildman–Crippen MR) is 80.4 cm³/mol. The van der Waals surface area contributed by atoms with Crippen LogP contribution in [0.25, 0.3) is 0 Å². The quantitative estimate of drug-likeness (QED) is 0.291. The second-order valence-corrected chi connectivity index (χ2v) is 5.80. The van der Waals surface area contributed by atoms with Gasteiger partial charge < -0.3 is 15.5 Å². The van der Waals surface area contributed by atoms with Crippen LogP contribution in [-0.4, -0.2) is 36.5 Å². The zero-order valence-corrected chi connectivity index (χ0v) is 12.8. The number of hydrazine groups is 1. The molecule has 0 atom stereocenters. The van der Waals surface area contributed by atoms with Crippen molar-refractivity contribution < 1.29 is 4.74 Å². The summed E-state index contributed by atoms with van der Waals surface area (Å²) in [6, 6.07) is 1.80. The molecule has 19 heavy (non-hydrogen) atoms. The average molecular weight is 285 g/mol. The lowest BCUT2D eigenvalue weighted by Gasteiger charge is -2.25. The van der Waals surface area contributed by atoms with E-state index in [9.17, 15) is 0 Å². The number of nitrogens with one attached hydrogen (secondary N) is 2. The Morgan fingerprint density at radius 3 is 2.63 bits per heavy atom. The number of ether oxygens (including phenoxy) is 1. The summed E-state index contributed by atoms with van der Waals surface area (Å²) in [6.45, 7) is 5.95. The van der Waals surface area contributed by atoms with Crippen molar-refractivity contribution in [1.82, 2.24) is 9.97 Å². The van der Waals surface area contributed by atoms with E-state index < -0.39 is 0 Å². The molecule has 1 aromatic heterocycles. The minimum atomic E-state index is 0.136. The Bertz CT molecular complexity index is 377. The molecular weight excluding hydrogens is 262 g/mol. The number of nitrogen functional groups attached to an aromatic ring is 1. The van der Waals surface area contributed by atoms with Gasteiger partial charge in [-0.25, -0.2) is 15.8 Å². The largest absolute Gasteiger partial charge is 0.385 e. The molecule has 0 aliphatic rings. The fourth-order valence-corrected chi connectivity index (χ4v) is 1.86. The molecule has 0 aromatic carbocycles. The second-order valence-electron chi connectivity index (χ2n) is 5.03. The Morgan fingerprint density at radius 1 is 1.37 bits per heavy atom. The predicted octanol–water partition coefficient (Wildman–Crippen LogP) is 1.96. The molecule has 0 radical (unpaired) electrons. The molecule has 0 aliphatic heterocycles. The molecule has 0 bridgehead atoms. The highest BCUT2D eigenvalue weighted by Gasteiger charge is 2.17. The van der Waals surface area contributed by atoms with E-state index in [1.807, 2.05) is 6.26 Å². The van der Waals surface area contributed by atoms with Crippen molar-refractivity contribution in [3.8, 4) is 0 Å². The lowest BCUT2D eigenvalue weighted by atomic mass is 9.90. The molecule has 0 aliphatic carbocycles. The van der Waals surface area contributed by atoms with Crippen LogP contribution in [-0.2, 0) is 4.74 Å². The van der Waals surface area contributed by atoms with Crippen LogP contribution >= 0.6 is 11.8 Å². The highest BCUT2D eigenvalue weighted by molar-refractivity contribution is 7.98. The number of anilines is 2. The number of aromatic nitrogens is 2. The number of hydrogen-bond acceptors (Lipinski definition) is 7. The zero-order valence-electron chi connectivity index (χ0n) is 12.0. The molecule has 0 saturated carbocycles. The van der Waals surface area contributed by atoms with Gasteiger partial charge in [0.1, 0.15) is 11.6 Å². The van der Waals surface area contributed by atoms with Gasteiger partial charge in [-0.05, 0) is 18.1 Å². The van der Waals surface area contributed by atoms with E-state index in [-0.39, 0.29) is 5.41 Å². The van der Waals surface area contributed by atoms with Crippen molar-refractivity contribution in [3.63, 3.8) is 0 Å². The number of nitrogens with two attached hydrogens (primary N) is 1. The van der Waals surface area contributed by atoms with E-state index in [0.29, 0.717) is 11.0 Å². The average Bonchev–Trinajstić information content (AvgIpc) is 2.42. The van der Waals surface area contributed by atoms with Crippen molar-refractivity contribution in [2.75, 3.05) is 37.3 Å². The summed E-state index contributed by atoms with van der Waals surface area (Å²) < 4.78 is 5.12. The Morgan fingerprint density at radius 2 is 2.05 bits per heavy atom. The van der Waals surface area contributed by atoms with E-state index >= 15 is 0 Å². The van der Waals surface area contributed by atoms with Gasteiger partial charge in [0.25, 0.3) is 0 Å². The van der Waals surface area contributed by atoms with Crippen molar-refractivity contribution in [3.05, 3.63) is 6.07 Å². The Balaban J connectivity index is 2.66. The van der Waals surface area contributed by atoms with Crippen LogP contribution in [0.15, 0.2) is 11.2 Å². The van der Waals surface area contributed by atoms with Gasteiger partial charge in [-0.15, -0.1) is 0 Å². The molecule has 4 N–H and O–H groups in total. The maximum atomic E-state index is 5.40. The first-order chi connectivity index (χ1) is 9.00. The van der Waals surface area contributed by atoms with E-state index in [2.05, 4.69) is 34.6 Å². The van der Waals surface area contributed by atoms with Gasteiger partial charge in [-0.1, -0.05) is 25.6 Å². The molecule has 0 spiro atoms. The maximum absolute atomic E-state index is 5.40. The summed E-state index contributed by atoms with van der Waals surface area (Å²) in [7, 11) is 1.72. The van der Waals surface area contributed by atoms with Gasteiger partial charge in [0, 0.05) is 26.3 Å². The van der Waals surface area contributed by atoms with Gasteiger partial charge >= 0.3 is 0 Å². The summed E-state index contributed by atoms with van der Waals surface area (Å²) in [5.74, 6) is 6.78. The SMILES string of the molecule is COCCC(C)(C)CNc1cc(NN)nc(SC)n1. The number of rotatable bonds is 8. The molecule has 0 unspecified atom stereocenters. The van der Waals surface area contributed by atoms with E-state index in [0.717, 1.165) is 25.4 Å². The van der Waals surface area contributed by atoms with Gasteiger partial charge in [0.15, 0.2) is 5.16 Å². The third-order valence-electron chi connectivity index (χ3n) is 2.77. The van der Waals surface area contributed by atoms with Gasteiger partial charge in [-0.3, -0.25) is 0 Å². The normalized spacial score (nSPS) is 11.4. The molecule has 7 heteroatoms. The molecule has 0 saturated heterocycles. The third kappa shape index (κ3) is 5.63. The second kappa shape index (κ2) is 7.52. The first-order valence-electron chi connectivity index (χ1n) is 6.13. The summed E-state index contributed by atoms with van der Waals surface area (Å²) in [6.07, 6.45) is 2.92. The van der Waals surface area contributed by atoms with Crippen LogP contribution in [0.1, 0.15) is 20.3 Å². The maximum Gasteiger partial charge on any atom is 0.191 e. The van der Waals surface area contributed by atoms with Crippen molar-refractivity contribution in [2.45, 2.75) is 25.4 Å². The number of methoxy groups -OCH3 is 1. The molecule has 1 rings (SSSR count). The Hall–Kier alpha value is -1.05. The standard InChI is InChI=1S/C12H23N5OS/c1-12(2,5-6-18-3)8-14-9-7-10(17-13)16-11(15-9)19-4/h7H,5-6,8,13H2,1-4H3,(H2,14,15,16,17). The lowest BCUT2D eigenvalue weighted by molar-refractivity contribution is 0.157. The third-order valence-corrected chi connectivity index (χ3v) is 3.31. The van der Waals surface area contributed by atoms with Gasteiger partial charge in [0.05, 0.1) is 0 Å². The molecule has 0 fully saturated rings. The van der Waals surface area contributed by atoms with E-state index in [1.54, 1.807) is 13.2 Å². The number of thioether (sulfide) groups is 1. The molecule has 6 nitrogen and oxygen atoms in total. The van der Waals surface area contributed by atoms with Crippen LogP contribution in [0, 0.1) is 5.41 Å². The summed E-state index contributed by atoms with van der Waals surface area (Å²) in [5, 5.41) is 4.02.